The number of carboxylic acids is 1. The lowest BCUT2D eigenvalue weighted by atomic mass is 10.1. The summed E-state index contributed by atoms with van der Waals surface area (Å²) in [5.41, 5.74) is -0.0135. The number of amides is 1. The maximum atomic E-state index is 13.3. The van der Waals surface area contributed by atoms with E-state index in [1.165, 1.54) is 7.11 Å². The highest BCUT2D eigenvalue weighted by atomic mass is 19.1. The number of methoxy groups -OCH3 is 1. The molecule has 19 heavy (non-hydrogen) atoms. The molecule has 0 aliphatic rings. The van der Waals surface area contributed by atoms with Crippen molar-refractivity contribution in [1.82, 2.24) is 5.32 Å². The average molecular weight is 273 g/mol. The third kappa shape index (κ3) is 4.63. The molecule has 0 saturated carbocycles. The quantitative estimate of drug-likeness (QED) is 0.801. The first kappa shape index (κ1) is 15.0. The fraction of sp³-hybridized carbons (Fsp3) is 0.333. The highest BCUT2D eigenvalue weighted by Gasteiger charge is 2.20. The van der Waals surface area contributed by atoms with E-state index in [0.717, 1.165) is 12.1 Å². The topological polar surface area (TPSA) is 75.6 Å². The number of benzene rings is 1. The van der Waals surface area contributed by atoms with Gasteiger partial charge in [-0.15, -0.1) is 0 Å². The number of nitrogens with one attached hydrogen (secondary N) is 1. The van der Waals surface area contributed by atoms with E-state index in [1.54, 1.807) is 0 Å². The number of carbonyl (C=O) groups excluding carboxylic acids is 1. The van der Waals surface area contributed by atoms with Crippen molar-refractivity contribution in [2.45, 2.75) is 12.5 Å². The van der Waals surface area contributed by atoms with Crippen LogP contribution in [0.2, 0.25) is 0 Å². The molecular formula is C12H13F2NO4. The standard InChI is InChI=1S/C12H13F2NO4/c1-19-6-10(12(17)18)15-11(16)4-7-2-3-8(13)5-9(7)14/h2-3,5,10H,4,6H2,1H3,(H,15,16)(H,17,18). The molecule has 104 valence electrons. The van der Waals surface area contributed by atoms with Crippen LogP contribution in [0, 0.1) is 11.6 Å². The minimum atomic E-state index is -1.25. The predicted octanol–water partition coefficient (Wildman–Crippen LogP) is 0.723. The van der Waals surface area contributed by atoms with E-state index in [2.05, 4.69) is 10.1 Å². The fourth-order valence-corrected chi connectivity index (χ4v) is 1.42. The summed E-state index contributed by atoms with van der Waals surface area (Å²) < 4.78 is 30.6. The van der Waals surface area contributed by atoms with Crippen molar-refractivity contribution >= 4 is 11.9 Å². The Balaban J connectivity index is 2.66. The molecule has 0 saturated heterocycles. The predicted molar refractivity (Wildman–Crippen MR) is 61.5 cm³/mol. The molecule has 0 spiro atoms. The molecule has 1 rings (SSSR count). The molecule has 0 heterocycles. The summed E-state index contributed by atoms with van der Waals surface area (Å²) in [5.74, 6) is -3.54. The van der Waals surface area contributed by atoms with Crippen molar-refractivity contribution in [3.05, 3.63) is 35.4 Å². The molecule has 0 aliphatic carbocycles. The van der Waals surface area contributed by atoms with Gasteiger partial charge in [0.05, 0.1) is 13.0 Å². The number of aliphatic carboxylic acids is 1. The van der Waals surface area contributed by atoms with Crippen LogP contribution in [0.5, 0.6) is 0 Å². The van der Waals surface area contributed by atoms with Crippen LogP contribution in [0.15, 0.2) is 18.2 Å². The van der Waals surface area contributed by atoms with E-state index >= 15 is 0 Å². The Hall–Kier alpha value is -2.02. The Morgan fingerprint density at radius 2 is 2.11 bits per heavy atom. The summed E-state index contributed by atoms with van der Waals surface area (Å²) in [5, 5.41) is 11.0. The molecule has 7 heteroatoms. The van der Waals surface area contributed by atoms with Crippen molar-refractivity contribution in [2.24, 2.45) is 0 Å². The molecule has 1 amide bonds. The van der Waals surface area contributed by atoms with Crippen molar-refractivity contribution in [1.29, 1.82) is 0 Å². The second kappa shape index (κ2) is 6.79. The SMILES string of the molecule is COCC(NC(=O)Cc1ccc(F)cc1F)C(=O)O. The number of rotatable bonds is 6. The van der Waals surface area contributed by atoms with Crippen molar-refractivity contribution in [3.8, 4) is 0 Å². The number of halogens is 2. The summed E-state index contributed by atoms with van der Waals surface area (Å²) in [6, 6.07) is 1.61. The first-order valence-electron chi connectivity index (χ1n) is 5.39. The van der Waals surface area contributed by atoms with E-state index in [4.69, 9.17) is 5.11 Å². The molecule has 5 nitrogen and oxygen atoms in total. The molecular weight excluding hydrogens is 260 g/mol. The van der Waals surface area contributed by atoms with Gasteiger partial charge in [0.25, 0.3) is 0 Å². The fourth-order valence-electron chi connectivity index (χ4n) is 1.42. The van der Waals surface area contributed by atoms with Gasteiger partial charge in [0.2, 0.25) is 5.91 Å². The lowest BCUT2D eigenvalue weighted by molar-refractivity contribution is -0.143. The van der Waals surface area contributed by atoms with Gasteiger partial charge in [0.15, 0.2) is 6.04 Å². The van der Waals surface area contributed by atoms with Crippen molar-refractivity contribution in [3.63, 3.8) is 0 Å². The van der Waals surface area contributed by atoms with Crippen LogP contribution in [0.3, 0.4) is 0 Å². The average Bonchev–Trinajstić information content (AvgIpc) is 2.32. The lowest BCUT2D eigenvalue weighted by Crippen LogP contribution is -2.44. The van der Waals surface area contributed by atoms with Gasteiger partial charge in [-0.1, -0.05) is 6.07 Å². The van der Waals surface area contributed by atoms with Gasteiger partial charge in [0, 0.05) is 13.2 Å². The lowest BCUT2D eigenvalue weighted by Gasteiger charge is -2.13. The second-order valence-corrected chi connectivity index (χ2v) is 3.83. The van der Waals surface area contributed by atoms with Crippen molar-refractivity contribution in [2.75, 3.05) is 13.7 Å². The van der Waals surface area contributed by atoms with Gasteiger partial charge in [0.1, 0.15) is 11.6 Å². The molecule has 1 atom stereocenters. The smallest absolute Gasteiger partial charge is 0.328 e. The molecule has 1 aromatic rings. The molecule has 0 fully saturated rings. The van der Waals surface area contributed by atoms with Crippen LogP contribution < -0.4 is 5.32 Å². The summed E-state index contributed by atoms with van der Waals surface area (Å²) in [6.07, 6.45) is -0.375. The van der Waals surface area contributed by atoms with Gasteiger partial charge >= 0.3 is 5.97 Å². The Kier molecular flexibility index (Phi) is 5.37. The molecule has 0 bridgehead atoms. The molecule has 0 radical (unpaired) electrons. The van der Waals surface area contributed by atoms with Crippen LogP contribution in [0.1, 0.15) is 5.56 Å². The number of hydrogen-bond acceptors (Lipinski definition) is 3. The Morgan fingerprint density at radius 1 is 1.42 bits per heavy atom. The monoisotopic (exact) mass is 273 g/mol. The van der Waals surface area contributed by atoms with Gasteiger partial charge in [-0.3, -0.25) is 4.79 Å². The number of carbonyl (C=O) groups is 2. The summed E-state index contributed by atoms with van der Waals surface area (Å²) in [6.45, 7) is -0.201. The molecule has 0 aromatic heterocycles. The minimum absolute atomic E-state index is 0.0135. The van der Waals surface area contributed by atoms with E-state index in [-0.39, 0.29) is 18.6 Å². The van der Waals surface area contributed by atoms with Gasteiger partial charge in [-0.25, -0.2) is 13.6 Å². The Bertz CT molecular complexity index is 479. The minimum Gasteiger partial charge on any atom is -0.480 e. The molecule has 1 unspecified atom stereocenters. The number of hydrogen-bond donors (Lipinski definition) is 2. The summed E-state index contributed by atoms with van der Waals surface area (Å²) in [4.78, 5) is 22.3. The third-order valence-electron chi connectivity index (χ3n) is 2.33. The van der Waals surface area contributed by atoms with Crippen LogP contribution in [-0.4, -0.2) is 36.7 Å². The van der Waals surface area contributed by atoms with Crippen LogP contribution >= 0.6 is 0 Å². The molecule has 2 N–H and O–H groups in total. The van der Waals surface area contributed by atoms with E-state index in [1.807, 2.05) is 0 Å². The molecule has 0 aliphatic heterocycles. The first-order chi connectivity index (χ1) is 8.93. The zero-order chi connectivity index (χ0) is 14.4. The highest BCUT2D eigenvalue weighted by Crippen LogP contribution is 2.10. The van der Waals surface area contributed by atoms with Gasteiger partial charge in [-0.2, -0.15) is 0 Å². The maximum Gasteiger partial charge on any atom is 0.328 e. The first-order valence-corrected chi connectivity index (χ1v) is 5.39. The van der Waals surface area contributed by atoms with Crippen molar-refractivity contribution < 1.29 is 28.2 Å². The third-order valence-corrected chi connectivity index (χ3v) is 2.33. The van der Waals surface area contributed by atoms with Crippen LogP contribution in [0.4, 0.5) is 8.78 Å². The highest BCUT2D eigenvalue weighted by molar-refractivity contribution is 5.84. The Morgan fingerprint density at radius 3 is 2.63 bits per heavy atom. The van der Waals surface area contributed by atoms with Crippen LogP contribution in [-0.2, 0) is 20.7 Å². The van der Waals surface area contributed by atoms with E-state index < -0.39 is 29.6 Å². The summed E-state index contributed by atoms with van der Waals surface area (Å²) in [7, 11) is 1.29. The molecule has 1 aromatic carbocycles. The van der Waals surface area contributed by atoms with Crippen LogP contribution in [0.25, 0.3) is 0 Å². The van der Waals surface area contributed by atoms with Gasteiger partial charge in [-0.05, 0) is 11.6 Å². The zero-order valence-corrected chi connectivity index (χ0v) is 10.2. The van der Waals surface area contributed by atoms with E-state index in [9.17, 15) is 18.4 Å². The number of ether oxygens (including phenoxy) is 1. The summed E-state index contributed by atoms with van der Waals surface area (Å²) >= 11 is 0. The zero-order valence-electron chi connectivity index (χ0n) is 10.2. The van der Waals surface area contributed by atoms with Gasteiger partial charge < -0.3 is 15.2 Å². The van der Waals surface area contributed by atoms with E-state index in [0.29, 0.717) is 6.07 Å². The largest absolute Gasteiger partial charge is 0.480 e. The normalized spacial score (nSPS) is 11.9. The Labute approximate surface area is 108 Å². The second-order valence-electron chi connectivity index (χ2n) is 3.83. The number of carboxylic acid groups (broad SMARTS) is 1. The maximum absolute atomic E-state index is 13.3.